The minimum Gasteiger partial charge on any atom is -0.387 e. The molecule has 0 bridgehead atoms. The van der Waals surface area contributed by atoms with Crippen molar-refractivity contribution in [3.05, 3.63) is 47.8 Å². The Hall–Kier alpha value is -2.74. The van der Waals surface area contributed by atoms with Crippen LogP contribution in [0.25, 0.3) is 5.69 Å². The van der Waals surface area contributed by atoms with Crippen molar-refractivity contribution in [3.63, 3.8) is 0 Å². The van der Waals surface area contributed by atoms with Gasteiger partial charge in [0.05, 0.1) is 36.3 Å². The van der Waals surface area contributed by atoms with Crippen LogP contribution < -0.4 is 4.90 Å². The fourth-order valence-corrected chi connectivity index (χ4v) is 2.95. The van der Waals surface area contributed by atoms with E-state index in [1.165, 1.54) is 0 Å². The molecular formula is C16H19N7O. The fourth-order valence-electron chi connectivity index (χ4n) is 2.95. The summed E-state index contributed by atoms with van der Waals surface area (Å²) >= 11 is 0. The summed E-state index contributed by atoms with van der Waals surface area (Å²) in [6.07, 6.45) is 0.151. The van der Waals surface area contributed by atoms with E-state index in [-0.39, 0.29) is 0 Å². The number of hydrogen-bond acceptors (Lipinski definition) is 6. The molecule has 124 valence electrons. The zero-order chi connectivity index (χ0) is 16.5. The monoisotopic (exact) mass is 325 g/mol. The van der Waals surface area contributed by atoms with Gasteiger partial charge in [-0.15, -0.1) is 0 Å². The third-order valence-electron chi connectivity index (χ3n) is 4.28. The molecule has 0 fully saturated rings. The van der Waals surface area contributed by atoms with Crippen LogP contribution in [0.3, 0.4) is 0 Å². The van der Waals surface area contributed by atoms with Crippen molar-refractivity contribution in [1.29, 1.82) is 0 Å². The molecule has 0 unspecified atom stereocenters. The molecule has 0 spiro atoms. The van der Waals surface area contributed by atoms with E-state index in [1.807, 2.05) is 48.0 Å². The summed E-state index contributed by atoms with van der Waals surface area (Å²) in [5, 5.41) is 26.6. The number of aromatic nitrogens is 6. The minimum absolute atomic E-state index is 0.508. The largest absolute Gasteiger partial charge is 0.387 e. The third-order valence-corrected chi connectivity index (χ3v) is 4.28. The number of rotatable bonds is 4. The van der Waals surface area contributed by atoms with Crippen LogP contribution in [0.4, 0.5) is 5.95 Å². The fraction of sp³-hybridized carbons (Fsp3) is 0.375. The van der Waals surface area contributed by atoms with E-state index in [4.69, 9.17) is 0 Å². The lowest BCUT2D eigenvalue weighted by Crippen LogP contribution is -2.35. The van der Waals surface area contributed by atoms with Crippen LogP contribution in [0, 0.1) is 0 Å². The topological polar surface area (TPSA) is 84.9 Å². The van der Waals surface area contributed by atoms with Crippen molar-refractivity contribution in [2.45, 2.75) is 32.5 Å². The van der Waals surface area contributed by atoms with Crippen molar-refractivity contribution >= 4 is 5.95 Å². The zero-order valence-corrected chi connectivity index (χ0v) is 13.4. The number of aliphatic hydroxyl groups excluding tert-OH is 1. The maximum absolute atomic E-state index is 10.00. The van der Waals surface area contributed by atoms with Crippen LogP contribution in [0.5, 0.6) is 0 Å². The third kappa shape index (κ3) is 2.54. The molecule has 1 aromatic carbocycles. The average Bonchev–Trinajstić information content (AvgIpc) is 3.27. The number of hydrogen-bond donors (Lipinski definition) is 1. The molecule has 24 heavy (non-hydrogen) atoms. The smallest absolute Gasteiger partial charge is 0.250 e. The molecule has 1 aliphatic heterocycles. The molecule has 0 radical (unpaired) electrons. The summed E-state index contributed by atoms with van der Waals surface area (Å²) in [6, 6.07) is 11.8. The molecule has 2 aromatic heterocycles. The zero-order valence-electron chi connectivity index (χ0n) is 13.4. The number of aliphatic hydroxyl groups is 1. The van der Waals surface area contributed by atoms with Crippen LogP contribution in [0.2, 0.25) is 0 Å². The SMILES string of the molecule is CC[C@@H](O)c1cc2n(n1)CCN(c1nnnn1-c1ccccc1)C2. The molecule has 8 heteroatoms. The maximum Gasteiger partial charge on any atom is 0.250 e. The average molecular weight is 325 g/mol. The highest BCUT2D eigenvalue weighted by Crippen LogP contribution is 2.23. The predicted molar refractivity (Wildman–Crippen MR) is 87.7 cm³/mol. The molecule has 3 aromatic rings. The molecule has 0 saturated heterocycles. The molecular weight excluding hydrogens is 306 g/mol. The highest BCUT2D eigenvalue weighted by Gasteiger charge is 2.24. The summed E-state index contributed by atoms with van der Waals surface area (Å²) in [4.78, 5) is 2.13. The lowest BCUT2D eigenvalue weighted by molar-refractivity contribution is 0.168. The molecule has 1 atom stereocenters. The second kappa shape index (κ2) is 6.04. The summed E-state index contributed by atoms with van der Waals surface area (Å²) in [5.74, 6) is 0.714. The molecule has 0 amide bonds. The number of fused-ring (bicyclic) bond motifs is 1. The molecule has 0 aliphatic carbocycles. The van der Waals surface area contributed by atoms with E-state index in [9.17, 15) is 5.11 Å². The van der Waals surface area contributed by atoms with Crippen LogP contribution in [0.1, 0.15) is 30.8 Å². The molecule has 4 rings (SSSR count). The predicted octanol–water partition coefficient (Wildman–Crippen LogP) is 1.32. The number of para-hydroxylation sites is 1. The van der Waals surface area contributed by atoms with Crippen LogP contribution in [-0.4, -0.2) is 41.6 Å². The Morgan fingerprint density at radius 2 is 2.04 bits per heavy atom. The van der Waals surface area contributed by atoms with E-state index >= 15 is 0 Å². The molecule has 8 nitrogen and oxygen atoms in total. The van der Waals surface area contributed by atoms with E-state index in [0.717, 1.165) is 30.2 Å². The lowest BCUT2D eigenvalue weighted by Gasteiger charge is -2.27. The van der Waals surface area contributed by atoms with Crippen molar-refractivity contribution in [2.24, 2.45) is 0 Å². The molecule has 0 saturated carbocycles. The van der Waals surface area contributed by atoms with Gasteiger partial charge >= 0.3 is 0 Å². The molecule has 1 aliphatic rings. The molecule has 1 N–H and O–H groups in total. The Morgan fingerprint density at radius 3 is 2.83 bits per heavy atom. The first-order chi connectivity index (χ1) is 11.8. The van der Waals surface area contributed by atoms with Crippen molar-refractivity contribution in [1.82, 2.24) is 30.0 Å². The van der Waals surface area contributed by atoms with Gasteiger partial charge < -0.3 is 10.0 Å². The van der Waals surface area contributed by atoms with Gasteiger partial charge in [-0.25, -0.2) is 0 Å². The van der Waals surface area contributed by atoms with Gasteiger partial charge in [-0.2, -0.15) is 9.78 Å². The summed E-state index contributed by atoms with van der Waals surface area (Å²) < 4.78 is 3.70. The Morgan fingerprint density at radius 1 is 1.21 bits per heavy atom. The highest BCUT2D eigenvalue weighted by atomic mass is 16.3. The summed E-state index contributed by atoms with van der Waals surface area (Å²) in [5.41, 5.74) is 2.72. The lowest BCUT2D eigenvalue weighted by atomic mass is 10.2. The standard InChI is InChI=1S/C16H19N7O/c1-2-15(24)14-10-13-11-21(8-9-22(13)18-14)16-17-19-20-23(16)12-6-4-3-5-7-12/h3-7,10,15,24H,2,8-9,11H2,1H3/t15-/m1/s1. The van der Waals surface area contributed by atoms with Crippen LogP contribution in [0.15, 0.2) is 36.4 Å². The Bertz CT molecular complexity index is 826. The Labute approximate surface area is 139 Å². The van der Waals surface area contributed by atoms with Crippen molar-refractivity contribution < 1.29 is 5.11 Å². The van der Waals surface area contributed by atoms with Crippen LogP contribution >= 0.6 is 0 Å². The second-order valence-corrected chi connectivity index (χ2v) is 5.86. The Balaban J connectivity index is 1.62. The Kier molecular flexibility index (Phi) is 3.73. The number of anilines is 1. The van der Waals surface area contributed by atoms with E-state index in [0.29, 0.717) is 18.9 Å². The quantitative estimate of drug-likeness (QED) is 0.779. The van der Waals surface area contributed by atoms with E-state index in [1.54, 1.807) is 4.68 Å². The number of tetrazole rings is 1. The maximum atomic E-state index is 10.00. The van der Waals surface area contributed by atoms with Gasteiger partial charge in [-0.05, 0) is 35.0 Å². The van der Waals surface area contributed by atoms with Crippen molar-refractivity contribution in [2.75, 3.05) is 11.4 Å². The first-order valence-corrected chi connectivity index (χ1v) is 8.09. The van der Waals surface area contributed by atoms with Gasteiger partial charge in [0, 0.05) is 6.54 Å². The molecule has 3 heterocycles. The highest BCUT2D eigenvalue weighted by molar-refractivity contribution is 5.41. The minimum atomic E-state index is -0.508. The van der Waals surface area contributed by atoms with Gasteiger partial charge in [-0.3, -0.25) is 4.68 Å². The first kappa shape index (κ1) is 14.8. The van der Waals surface area contributed by atoms with Crippen LogP contribution in [-0.2, 0) is 13.1 Å². The van der Waals surface area contributed by atoms with Gasteiger partial charge in [0.1, 0.15) is 0 Å². The first-order valence-electron chi connectivity index (χ1n) is 8.09. The summed E-state index contributed by atoms with van der Waals surface area (Å²) in [6.45, 7) is 4.12. The van der Waals surface area contributed by atoms with Gasteiger partial charge in [0.15, 0.2) is 0 Å². The normalized spacial score (nSPS) is 15.3. The van der Waals surface area contributed by atoms with Gasteiger partial charge in [-0.1, -0.05) is 30.2 Å². The number of benzene rings is 1. The second-order valence-electron chi connectivity index (χ2n) is 5.86. The summed E-state index contributed by atoms with van der Waals surface area (Å²) in [7, 11) is 0. The van der Waals surface area contributed by atoms with Crippen molar-refractivity contribution in [3.8, 4) is 5.69 Å². The van der Waals surface area contributed by atoms with E-state index < -0.39 is 6.10 Å². The van der Waals surface area contributed by atoms with E-state index in [2.05, 4.69) is 25.5 Å². The van der Waals surface area contributed by atoms with Gasteiger partial charge in [0.25, 0.3) is 5.95 Å². The number of nitrogens with zero attached hydrogens (tertiary/aromatic N) is 7. The van der Waals surface area contributed by atoms with Gasteiger partial charge in [0.2, 0.25) is 0 Å².